The normalized spacial score (nSPS) is 19.4. The second-order valence-electron chi connectivity index (χ2n) is 9.03. The van der Waals surface area contributed by atoms with E-state index >= 15 is 0 Å². The molecule has 2 atom stereocenters. The second kappa shape index (κ2) is 10.3. The maximum atomic E-state index is 12.3. The van der Waals surface area contributed by atoms with Crippen molar-refractivity contribution < 1.29 is 9.53 Å². The largest absolute Gasteiger partial charge is 0.383 e. The van der Waals surface area contributed by atoms with E-state index in [0.717, 1.165) is 58.2 Å². The molecule has 1 aliphatic heterocycles. The molecule has 0 saturated carbocycles. The van der Waals surface area contributed by atoms with Crippen molar-refractivity contribution in [3.63, 3.8) is 0 Å². The van der Waals surface area contributed by atoms with E-state index in [1.807, 2.05) is 36.4 Å². The number of halogens is 1. The van der Waals surface area contributed by atoms with Gasteiger partial charge in [0.05, 0.1) is 24.2 Å². The number of hydrogen-bond acceptors (Lipinski definition) is 7. The molecule has 3 aromatic carbocycles. The molecule has 0 bridgehead atoms. The molecule has 1 fully saturated rings. The van der Waals surface area contributed by atoms with Crippen LogP contribution in [0.5, 0.6) is 0 Å². The van der Waals surface area contributed by atoms with E-state index in [1.165, 1.54) is 11.9 Å². The van der Waals surface area contributed by atoms with Gasteiger partial charge in [-0.05, 0) is 52.2 Å². The quantitative estimate of drug-likeness (QED) is 0.394. The van der Waals surface area contributed by atoms with E-state index < -0.39 is 0 Å². The lowest BCUT2D eigenvalue weighted by atomic mass is 10.00. The Balaban J connectivity index is 1.35. The van der Waals surface area contributed by atoms with Crippen LogP contribution in [0.3, 0.4) is 0 Å². The number of fused-ring (bicyclic) bond motifs is 2. The predicted octanol–water partition coefficient (Wildman–Crippen LogP) is 3.92. The van der Waals surface area contributed by atoms with Gasteiger partial charge in [0.1, 0.15) is 18.4 Å². The van der Waals surface area contributed by atoms with Crippen LogP contribution in [0.2, 0.25) is 5.02 Å². The fourth-order valence-corrected chi connectivity index (χ4v) is 5.20. The summed E-state index contributed by atoms with van der Waals surface area (Å²) < 4.78 is 5.56. The lowest BCUT2D eigenvalue weighted by Gasteiger charge is -2.45. The summed E-state index contributed by atoms with van der Waals surface area (Å²) in [6, 6.07) is 18.0. The molecular formula is C27H28ClN5O2. The Morgan fingerprint density at radius 3 is 2.54 bits per heavy atom. The number of benzene rings is 3. The van der Waals surface area contributed by atoms with Crippen LogP contribution in [0.4, 0.5) is 5.82 Å². The SMILES string of the molecule is COC[C@@H]1C(C=O)N(Cc2ccc3c(N)ncnc3c2)CCN1Cc1ccc2cc(Cl)ccc2c1. The molecule has 180 valence electrons. The van der Waals surface area contributed by atoms with E-state index in [2.05, 4.69) is 38.0 Å². The van der Waals surface area contributed by atoms with Crippen molar-refractivity contribution >= 4 is 45.4 Å². The molecule has 7 nitrogen and oxygen atoms in total. The van der Waals surface area contributed by atoms with E-state index in [1.54, 1.807) is 7.11 Å². The molecular weight excluding hydrogens is 462 g/mol. The molecule has 1 aliphatic rings. The van der Waals surface area contributed by atoms with Gasteiger partial charge in [0.25, 0.3) is 0 Å². The molecule has 5 rings (SSSR count). The Kier molecular flexibility index (Phi) is 6.92. The number of aromatic nitrogens is 2. The first-order valence-corrected chi connectivity index (χ1v) is 12.0. The van der Waals surface area contributed by atoms with Gasteiger partial charge in [-0.3, -0.25) is 9.80 Å². The lowest BCUT2D eigenvalue weighted by molar-refractivity contribution is -0.120. The van der Waals surface area contributed by atoms with Gasteiger partial charge in [-0.15, -0.1) is 0 Å². The maximum Gasteiger partial charge on any atom is 0.138 e. The Hall–Kier alpha value is -3.10. The summed E-state index contributed by atoms with van der Waals surface area (Å²) in [5, 5.41) is 3.84. The summed E-state index contributed by atoms with van der Waals surface area (Å²) in [6.45, 7) is 3.48. The van der Waals surface area contributed by atoms with Crippen LogP contribution in [-0.2, 0) is 22.6 Å². The van der Waals surface area contributed by atoms with Crippen molar-refractivity contribution in [2.45, 2.75) is 25.2 Å². The number of nitrogens with two attached hydrogens (primary N) is 1. The molecule has 8 heteroatoms. The Morgan fingerprint density at radius 2 is 1.71 bits per heavy atom. The van der Waals surface area contributed by atoms with Crippen LogP contribution in [0, 0.1) is 0 Å². The highest BCUT2D eigenvalue weighted by molar-refractivity contribution is 6.31. The third kappa shape index (κ3) is 4.99. The van der Waals surface area contributed by atoms with E-state index in [4.69, 9.17) is 22.1 Å². The van der Waals surface area contributed by atoms with Crippen molar-refractivity contribution in [2.24, 2.45) is 0 Å². The zero-order valence-corrected chi connectivity index (χ0v) is 20.4. The standard InChI is InChI=1S/C27H28ClN5O2/c1-35-16-26-25(15-34)32(14-19-3-7-23-24(11-19)30-17-31-27(23)29)8-9-33(26)13-18-2-4-21-12-22(28)6-5-20(21)10-18/h2-7,10-12,15,17,25-26H,8-9,13-14,16H2,1H3,(H2,29,30,31)/t25?,26-/m1/s1. The molecule has 2 N–H and O–H groups in total. The Labute approximate surface area is 209 Å². The first-order chi connectivity index (χ1) is 17.1. The average molecular weight is 490 g/mol. The summed E-state index contributed by atoms with van der Waals surface area (Å²) in [5.41, 5.74) is 9.06. The molecule has 0 radical (unpaired) electrons. The number of nitrogen functional groups attached to an aromatic ring is 1. The van der Waals surface area contributed by atoms with Crippen LogP contribution in [-0.4, -0.2) is 64.9 Å². The fraction of sp³-hybridized carbons (Fsp3) is 0.296. The van der Waals surface area contributed by atoms with E-state index in [9.17, 15) is 4.79 Å². The number of nitrogens with zero attached hydrogens (tertiary/aromatic N) is 4. The number of ether oxygens (including phenoxy) is 1. The summed E-state index contributed by atoms with van der Waals surface area (Å²) in [7, 11) is 1.69. The average Bonchev–Trinajstić information content (AvgIpc) is 2.86. The van der Waals surface area contributed by atoms with E-state index in [0.29, 0.717) is 19.0 Å². The topological polar surface area (TPSA) is 84.6 Å². The minimum Gasteiger partial charge on any atom is -0.383 e. The van der Waals surface area contributed by atoms with Crippen LogP contribution in [0.1, 0.15) is 11.1 Å². The molecule has 0 amide bonds. The van der Waals surface area contributed by atoms with Crippen molar-refractivity contribution in [1.82, 2.24) is 19.8 Å². The predicted molar refractivity (Wildman–Crippen MR) is 139 cm³/mol. The first kappa shape index (κ1) is 23.6. The summed E-state index contributed by atoms with van der Waals surface area (Å²) in [6.07, 6.45) is 2.53. The van der Waals surface area contributed by atoms with Gasteiger partial charge < -0.3 is 15.3 Å². The molecule has 1 saturated heterocycles. The van der Waals surface area contributed by atoms with Gasteiger partial charge >= 0.3 is 0 Å². The van der Waals surface area contributed by atoms with Gasteiger partial charge in [0.2, 0.25) is 0 Å². The fourth-order valence-electron chi connectivity index (χ4n) is 5.02. The van der Waals surface area contributed by atoms with Gasteiger partial charge in [-0.2, -0.15) is 0 Å². The third-order valence-corrected chi connectivity index (χ3v) is 7.04. The molecule has 35 heavy (non-hydrogen) atoms. The molecule has 2 heterocycles. The van der Waals surface area contributed by atoms with Crippen LogP contribution in [0.15, 0.2) is 60.9 Å². The maximum absolute atomic E-state index is 12.3. The van der Waals surface area contributed by atoms with Crippen LogP contribution >= 0.6 is 11.6 Å². The van der Waals surface area contributed by atoms with Gasteiger partial charge in [-0.1, -0.05) is 35.9 Å². The number of carbonyl (C=O) groups is 1. The lowest BCUT2D eigenvalue weighted by Crippen LogP contribution is -2.61. The van der Waals surface area contributed by atoms with E-state index in [-0.39, 0.29) is 12.1 Å². The molecule has 4 aromatic rings. The zero-order chi connectivity index (χ0) is 24.4. The number of carbonyl (C=O) groups excluding carboxylic acids is 1. The van der Waals surface area contributed by atoms with Crippen LogP contribution < -0.4 is 5.73 Å². The number of anilines is 1. The number of piperazine rings is 1. The molecule has 0 spiro atoms. The highest BCUT2D eigenvalue weighted by atomic mass is 35.5. The first-order valence-electron chi connectivity index (χ1n) is 11.7. The van der Waals surface area contributed by atoms with Crippen molar-refractivity contribution in [3.05, 3.63) is 77.1 Å². The third-order valence-electron chi connectivity index (χ3n) is 6.81. The monoisotopic (exact) mass is 489 g/mol. The number of hydrogen-bond donors (Lipinski definition) is 1. The minimum atomic E-state index is -0.283. The molecule has 1 unspecified atom stereocenters. The van der Waals surface area contributed by atoms with Gasteiger partial charge in [0.15, 0.2) is 0 Å². The summed E-state index contributed by atoms with van der Waals surface area (Å²) in [5.74, 6) is 0.470. The smallest absolute Gasteiger partial charge is 0.138 e. The highest BCUT2D eigenvalue weighted by Crippen LogP contribution is 2.26. The van der Waals surface area contributed by atoms with Crippen molar-refractivity contribution in [2.75, 3.05) is 32.5 Å². The number of methoxy groups -OCH3 is 1. The highest BCUT2D eigenvalue weighted by Gasteiger charge is 2.36. The molecule has 1 aromatic heterocycles. The van der Waals surface area contributed by atoms with Gasteiger partial charge in [0, 0.05) is 43.7 Å². The molecule has 0 aliphatic carbocycles. The number of aldehydes is 1. The van der Waals surface area contributed by atoms with Crippen molar-refractivity contribution in [1.29, 1.82) is 0 Å². The Bertz CT molecular complexity index is 1360. The van der Waals surface area contributed by atoms with Gasteiger partial charge in [-0.25, -0.2) is 9.97 Å². The summed E-state index contributed by atoms with van der Waals surface area (Å²) in [4.78, 5) is 25.3. The second-order valence-corrected chi connectivity index (χ2v) is 9.46. The Morgan fingerprint density at radius 1 is 1.00 bits per heavy atom. The summed E-state index contributed by atoms with van der Waals surface area (Å²) >= 11 is 6.14. The number of rotatable bonds is 7. The minimum absolute atomic E-state index is 0.0504. The zero-order valence-electron chi connectivity index (χ0n) is 19.6. The van der Waals surface area contributed by atoms with Crippen LogP contribution in [0.25, 0.3) is 21.7 Å². The van der Waals surface area contributed by atoms with Crippen molar-refractivity contribution in [3.8, 4) is 0 Å².